The number of imide groups is 1. The lowest BCUT2D eigenvalue weighted by Gasteiger charge is -2.10. The van der Waals surface area contributed by atoms with E-state index in [0.717, 1.165) is 44.2 Å². The second-order valence-corrected chi connectivity index (χ2v) is 6.17. The lowest BCUT2D eigenvalue weighted by Crippen LogP contribution is -2.29. The quantitative estimate of drug-likeness (QED) is 0.512. The Morgan fingerprint density at radius 2 is 2.04 bits per heavy atom. The number of rotatable bonds is 8. The molecule has 26 heavy (non-hydrogen) atoms. The predicted molar refractivity (Wildman–Crippen MR) is 101 cm³/mol. The standard InChI is InChI=1S/C19H23N3O3.ClH/c1-2-3-10-16-18(23)22(19(24)25-16)13-6-4-5-8-15-9-7-11-17-20-12-14-21(15)17;/h7,9-12,14H,2-6,8,13H2,1H3;1H/b16-10+;. The number of halogens is 1. The zero-order chi connectivity index (χ0) is 17.6. The summed E-state index contributed by atoms with van der Waals surface area (Å²) in [4.78, 5) is 29.4. The topological polar surface area (TPSA) is 63.9 Å². The number of cyclic esters (lactones) is 1. The van der Waals surface area contributed by atoms with Crippen molar-refractivity contribution in [3.63, 3.8) is 0 Å². The van der Waals surface area contributed by atoms with E-state index in [0.29, 0.717) is 6.54 Å². The van der Waals surface area contributed by atoms with E-state index in [9.17, 15) is 9.59 Å². The molecule has 7 heteroatoms. The van der Waals surface area contributed by atoms with Crippen LogP contribution in [0.3, 0.4) is 0 Å². The van der Waals surface area contributed by atoms with E-state index in [1.165, 1.54) is 10.6 Å². The van der Waals surface area contributed by atoms with Crippen LogP contribution in [0.2, 0.25) is 0 Å². The Bertz CT molecular complexity index is 800. The molecule has 2 aromatic rings. The zero-order valence-electron chi connectivity index (χ0n) is 14.9. The smallest absolute Gasteiger partial charge is 0.404 e. The first-order chi connectivity index (χ1) is 12.2. The predicted octanol–water partition coefficient (Wildman–Crippen LogP) is 4.13. The second-order valence-electron chi connectivity index (χ2n) is 6.17. The third-order valence-electron chi connectivity index (χ3n) is 4.32. The minimum absolute atomic E-state index is 0. The highest BCUT2D eigenvalue weighted by Gasteiger charge is 2.35. The Balaban J connectivity index is 0.00000243. The first-order valence-corrected chi connectivity index (χ1v) is 8.85. The number of carbonyl (C=O) groups is 2. The van der Waals surface area contributed by atoms with Gasteiger partial charge in [0, 0.05) is 24.6 Å². The van der Waals surface area contributed by atoms with Crippen molar-refractivity contribution in [2.24, 2.45) is 0 Å². The number of imidazole rings is 1. The van der Waals surface area contributed by atoms with E-state index in [-0.39, 0.29) is 24.1 Å². The van der Waals surface area contributed by atoms with Crippen LogP contribution in [-0.4, -0.2) is 32.8 Å². The Morgan fingerprint density at radius 1 is 1.19 bits per heavy atom. The fourth-order valence-corrected chi connectivity index (χ4v) is 2.97. The number of carbonyl (C=O) groups excluding carboxylic acids is 2. The fraction of sp³-hybridized carbons (Fsp3) is 0.421. The van der Waals surface area contributed by atoms with Crippen molar-refractivity contribution < 1.29 is 14.3 Å². The second kappa shape index (κ2) is 9.38. The molecule has 140 valence electrons. The van der Waals surface area contributed by atoms with E-state index in [4.69, 9.17) is 4.74 Å². The fourth-order valence-electron chi connectivity index (χ4n) is 2.97. The molecule has 0 atom stereocenters. The SMILES string of the molecule is CCC/C=C1/OC(=O)N(CCCCCc2cccc3nccn23)C1=O.Cl. The van der Waals surface area contributed by atoms with Crippen molar-refractivity contribution in [2.45, 2.75) is 45.4 Å². The van der Waals surface area contributed by atoms with E-state index >= 15 is 0 Å². The van der Waals surface area contributed by atoms with Crippen LogP contribution in [0.25, 0.3) is 5.65 Å². The average Bonchev–Trinajstić information content (AvgIpc) is 3.19. The van der Waals surface area contributed by atoms with Gasteiger partial charge >= 0.3 is 6.09 Å². The molecule has 1 aliphatic heterocycles. The maximum Gasteiger partial charge on any atom is 0.422 e. The normalized spacial score (nSPS) is 15.6. The summed E-state index contributed by atoms with van der Waals surface area (Å²) in [6.07, 6.45) is 10.2. The van der Waals surface area contributed by atoms with Gasteiger partial charge in [0.05, 0.1) is 0 Å². The summed E-state index contributed by atoms with van der Waals surface area (Å²) < 4.78 is 7.13. The van der Waals surface area contributed by atoms with E-state index in [2.05, 4.69) is 15.5 Å². The van der Waals surface area contributed by atoms with Gasteiger partial charge in [-0.25, -0.2) is 14.7 Å². The molecule has 0 aromatic carbocycles. The number of ether oxygens (including phenoxy) is 1. The average molecular weight is 378 g/mol. The number of pyridine rings is 1. The summed E-state index contributed by atoms with van der Waals surface area (Å²) in [6.45, 7) is 2.43. The molecule has 2 aromatic heterocycles. The van der Waals surface area contributed by atoms with Crippen LogP contribution >= 0.6 is 12.4 Å². The monoisotopic (exact) mass is 377 g/mol. The number of aromatic nitrogens is 2. The summed E-state index contributed by atoms with van der Waals surface area (Å²) in [6, 6.07) is 6.10. The zero-order valence-corrected chi connectivity index (χ0v) is 15.7. The molecule has 0 unspecified atom stereocenters. The van der Waals surface area contributed by atoms with Crippen LogP contribution in [0.5, 0.6) is 0 Å². The van der Waals surface area contributed by atoms with E-state index in [1.54, 1.807) is 12.3 Å². The van der Waals surface area contributed by atoms with Crippen molar-refractivity contribution in [3.8, 4) is 0 Å². The number of allylic oxidation sites excluding steroid dienone is 1. The molecule has 3 heterocycles. The van der Waals surface area contributed by atoms with Crippen molar-refractivity contribution in [3.05, 3.63) is 48.1 Å². The molecule has 1 aliphatic rings. The largest absolute Gasteiger partial charge is 0.422 e. The molecule has 1 fully saturated rings. The van der Waals surface area contributed by atoms with Crippen LogP contribution < -0.4 is 0 Å². The summed E-state index contributed by atoms with van der Waals surface area (Å²) >= 11 is 0. The highest BCUT2D eigenvalue weighted by molar-refractivity contribution is 6.07. The van der Waals surface area contributed by atoms with Gasteiger partial charge in [-0.15, -0.1) is 12.4 Å². The van der Waals surface area contributed by atoms with Crippen molar-refractivity contribution in [1.29, 1.82) is 0 Å². The lowest BCUT2D eigenvalue weighted by molar-refractivity contribution is -0.123. The van der Waals surface area contributed by atoms with Gasteiger partial charge in [0.15, 0.2) is 5.76 Å². The van der Waals surface area contributed by atoms with Crippen molar-refractivity contribution in [2.75, 3.05) is 6.54 Å². The highest BCUT2D eigenvalue weighted by Crippen LogP contribution is 2.18. The lowest BCUT2D eigenvalue weighted by atomic mass is 10.1. The van der Waals surface area contributed by atoms with Crippen LogP contribution in [-0.2, 0) is 16.0 Å². The van der Waals surface area contributed by atoms with E-state index in [1.807, 2.05) is 25.3 Å². The molecule has 0 bridgehead atoms. The molecule has 0 saturated carbocycles. The summed E-state index contributed by atoms with van der Waals surface area (Å²) in [5.74, 6) is -0.125. The van der Waals surface area contributed by atoms with Crippen LogP contribution in [0, 0.1) is 0 Å². The van der Waals surface area contributed by atoms with Gasteiger partial charge in [-0.2, -0.15) is 0 Å². The first-order valence-electron chi connectivity index (χ1n) is 8.85. The number of unbranched alkanes of at least 4 members (excludes halogenated alkanes) is 3. The van der Waals surface area contributed by atoms with Crippen LogP contribution in [0.4, 0.5) is 4.79 Å². The molecule has 2 amide bonds. The number of hydrogen-bond donors (Lipinski definition) is 0. The number of amides is 2. The highest BCUT2D eigenvalue weighted by atomic mass is 35.5. The molecule has 1 saturated heterocycles. The van der Waals surface area contributed by atoms with Gasteiger partial charge in [0.2, 0.25) is 0 Å². The van der Waals surface area contributed by atoms with Crippen molar-refractivity contribution >= 4 is 30.1 Å². The van der Waals surface area contributed by atoms with Crippen LogP contribution in [0.15, 0.2) is 42.4 Å². The van der Waals surface area contributed by atoms with Crippen LogP contribution in [0.1, 0.15) is 44.7 Å². The minimum atomic E-state index is -0.546. The summed E-state index contributed by atoms with van der Waals surface area (Å²) in [5.41, 5.74) is 2.17. The third-order valence-corrected chi connectivity index (χ3v) is 4.32. The van der Waals surface area contributed by atoms with Gasteiger partial charge in [0.25, 0.3) is 5.91 Å². The number of fused-ring (bicyclic) bond motifs is 1. The summed E-state index contributed by atoms with van der Waals surface area (Å²) in [7, 11) is 0. The molecule has 3 rings (SSSR count). The molecule has 6 nitrogen and oxygen atoms in total. The number of nitrogens with zero attached hydrogens (tertiary/aromatic N) is 3. The maximum atomic E-state index is 12.1. The van der Waals surface area contributed by atoms with Gasteiger partial charge in [0.1, 0.15) is 5.65 Å². The third kappa shape index (κ3) is 4.43. The summed E-state index contributed by atoms with van der Waals surface area (Å²) in [5, 5.41) is 0. The van der Waals surface area contributed by atoms with Gasteiger partial charge < -0.3 is 9.14 Å². The molecule has 0 radical (unpaired) electrons. The van der Waals surface area contributed by atoms with Gasteiger partial charge in [-0.3, -0.25) is 4.79 Å². The Morgan fingerprint density at radius 3 is 2.85 bits per heavy atom. The number of aryl methyl sites for hydroxylation is 1. The first kappa shape index (κ1) is 20.0. The number of hydrogen-bond acceptors (Lipinski definition) is 4. The Labute approximate surface area is 159 Å². The minimum Gasteiger partial charge on any atom is -0.404 e. The van der Waals surface area contributed by atoms with E-state index < -0.39 is 6.09 Å². The molecular weight excluding hydrogens is 354 g/mol. The van der Waals surface area contributed by atoms with Gasteiger partial charge in [-0.05, 0) is 43.9 Å². The Kier molecular flexibility index (Phi) is 7.21. The molecule has 0 spiro atoms. The van der Waals surface area contributed by atoms with Gasteiger partial charge in [-0.1, -0.05) is 25.8 Å². The molecular formula is C19H24ClN3O3. The maximum absolute atomic E-state index is 12.1. The van der Waals surface area contributed by atoms with Crippen molar-refractivity contribution in [1.82, 2.24) is 14.3 Å². The Hall–Kier alpha value is -2.34. The molecule has 0 N–H and O–H groups in total. The molecule has 0 aliphatic carbocycles.